The van der Waals surface area contributed by atoms with E-state index in [1.54, 1.807) is 0 Å². The zero-order valence-electron chi connectivity index (χ0n) is 7.65. The molecule has 0 bridgehead atoms. The summed E-state index contributed by atoms with van der Waals surface area (Å²) >= 11 is 3.74. The lowest BCUT2D eigenvalue weighted by Crippen LogP contribution is -2.10. The fourth-order valence-corrected chi connectivity index (χ4v) is 2.76. The number of rotatable bonds is 3. The molecule has 0 heterocycles. The van der Waals surface area contributed by atoms with Crippen molar-refractivity contribution in [3.8, 4) is 0 Å². The quantitative estimate of drug-likeness (QED) is 0.629. The largest absolute Gasteiger partial charge is 0.0888 e. The highest BCUT2D eigenvalue weighted by Crippen LogP contribution is 2.38. The number of halogens is 1. The molecule has 0 amide bonds. The van der Waals surface area contributed by atoms with Crippen LogP contribution in [0.5, 0.6) is 0 Å². The van der Waals surface area contributed by atoms with Gasteiger partial charge in [0.15, 0.2) is 0 Å². The molecule has 3 atom stereocenters. The van der Waals surface area contributed by atoms with E-state index in [-0.39, 0.29) is 0 Å². The van der Waals surface area contributed by atoms with Gasteiger partial charge in [0.1, 0.15) is 0 Å². The molecular formula is C10H19Br. The van der Waals surface area contributed by atoms with Gasteiger partial charge >= 0.3 is 0 Å². The van der Waals surface area contributed by atoms with Crippen molar-refractivity contribution in [3.05, 3.63) is 0 Å². The molecule has 1 aliphatic carbocycles. The Balaban J connectivity index is 2.24. The summed E-state index contributed by atoms with van der Waals surface area (Å²) in [6.45, 7) is 4.68. The predicted octanol–water partition coefficient (Wildman–Crippen LogP) is 3.99. The highest BCUT2D eigenvalue weighted by atomic mass is 79.9. The molecule has 0 aromatic rings. The average Bonchev–Trinajstić information content (AvgIpc) is 2.31. The van der Waals surface area contributed by atoms with Crippen LogP contribution in [0.4, 0.5) is 0 Å². The van der Waals surface area contributed by atoms with Crippen LogP contribution in [0.25, 0.3) is 0 Å². The summed E-state index contributed by atoms with van der Waals surface area (Å²) in [6, 6.07) is 0. The fourth-order valence-electron chi connectivity index (χ4n) is 2.07. The van der Waals surface area contributed by atoms with E-state index in [2.05, 4.69) is 29.8 Å². The zero-order valence-corrected chi connectivity index (χ0v) is 9.23. The van der Waals surface area contributed by atoms with Crippen molar-refractivity contribution in [1.29, 1.82) is 0 Å². The molecule has 0 aromatic heterocycles. The van der Waals surface area contributed by atoms with Crippen LogP contribution >= 0.6 is 15.9 Å². The highest BCUT2D eigenvalue weighted by molar-refractivity contribution is 9.09. The molecule has 0 saturated heterocycles. The van der Waals surface area contributed by atoms with Gasteiger partial charge in [0, 0.05) is 4.83 Å². The average molecular weight is 219 g/mol. The van der Waals surface area contributed by atoms with Crippen LogP contribution in [0.15, 0.2) is 0 Å². The van der Waals surface area contributed by atoms with Crippen LogP contribution in [0.1, 0.15) is 46.0 Å². The van der Waals surface area contributed by atoms with E-state index in [1.807, 2.05) is 0 Å². The number of hydrogen-bond acceptors (Lipinski definition) is 0. The van der Waals surface area contributed by atoms with Gasteiger partial charge in [0.05, 0.1) is 0 Å². The minimum Gasteiger partial charge on any atom is -0.0888 e. The Bertz CT molecular complexity index is 111. The van der Waals surface area contributed by atoms with E-state index in [0.717, 1.165) is 16.7 Å². The van der Waals surface area contributed by atoms with Crippen molar-refractivity contribution in [2.24, 2.45) is 11.8 Å². The van der Waals surface area contributed by atoms with E-state index < -0.39 is 0 Å². The summed E-state index contributed by atoms with van der Waals surface area (Å²) < 4.78 is 0. The van der Waals surface area contributed by atoms with E-state index in [1.165, 1.54) is 32.1 Å². The summed E-state index contributed by atoms with van der Waals surface area (Å²) in [5, 5.41) is 0. The Morgan fingerprint density at radius 1 is 1.36 bits per heavy atom. The van der Waals surface area contributed by atoms with Crippen molar-refractivity contribution in [1.82, 2.24) is 0 Å². The van der Waals surface area contributed by atoms with Crippen molar-refractivity contribution >= 4 is 15.9 Å². The third-order valence-corrected chi connectivity index (χ3v) is 4.35. The first-order chi connectivity index (χ1) is 5.25. The molecule has 66 valence electrons. The maximum absolute atomic E-state index is 3.74. The molecule has 0 nitrogen and oxygen atoms in total. The maximum Gasteiger partial charge on any atom is 0.0174 e. The monoisotopic (exact) mass is 218 g/mol. The van der Waals surface area contributed by atoms with Gasteiger partial charge < -0.3 is 0 Å². The van der Waals surface area contributed by atoms with Crippen molar-refractivity contribution < 1.29 is 0 Å². The van der Waals surface area contributed by atoms with Crippen molar-refractivity contribution in [2.45, 2.75) is 50.8 Å². The van der Waals surface area contributed by atoms with E-state index in [0.29, 0.717) is 0 Å². The molecule has 1 aliphatic rings. The minimum absolute atomic E-state index is 0.810. The number of unbranched alkanes of at least 4 members (excludes halogenated alkanes) is 1. The lowest BCUT2D eigenvalue weighted by atomic mass is 9.93. The van der Waals surface area contributed by atoms with Gasteiger partial charge in [-0.05, 0) is 24.7 Å². The molecule has 0 spiro atoms. The van der Waals surface area contributed by atoms with Crippen molar-refractivity contribution in [3.63, 3.8) is 0 Å². The van der Waals surface area contributed by atoms with Gasteiger partial charge in [-0.15, -0.1) is 0 Å². The topological polar surface area (TPSA) is 0 Å². The number of alkyl halides is 1. The van der Waals surface area contributed by atoms with Crippen LogP contribution in [0.3, 0.4) is 0 Å². The first-order valence-electron chi connectivity index (χ1n) is 4.89. The van der Waals surface area contributed by atoms with E-state index in [9.17, 15) is 0 Å². The number of hydrogen-bond donors (Lipinski definition) is 0. The Morgan fingerprint density at radius 2 is 2.09 bits per heavy atom. The highest BCUT2D eigenvalue weighted by Gasteiger charge is 2.29. The summed E-state index contributed by atoms with van der Waals surface area (Å²) in [5.41, 5.74) is 0. The third kappa shape index (κ3) is 2.47. The van der Waals surface area contributed by atoms with E-state index >= 15 is 0 Å². The first kappa shape index (κ1) is 9.57. The first-order valence-corrected chi connectivity index (χ1v) is 5.81. The van der Waals surface area contributed by atoms with E-state index in [4.69, 9.17) is 0 Å². The van der Waals surface area contributed by atoms with Crippen LogP contribution in [-0.2, 0) is 0 Å². The Kier molecular flexibility index (Phi) is 3.91. The lowest BCUT2D eigenvalue weighted by molar-refractivity contribution is 0.385. The summed E-state index contributed by atoms with van der Waals surface area (Å²) in [5.74, 6) is 1.93. The third-order valence-electron chi connectivity index (χ3n) is 3.06. The Labute approximate surface area is 78.9 Å². The molecule has 1 fully saturated rings. The van der Waals surface area contributed by atoms with Crippen LogP contribution in [0.2, 0.25) is 0 Å². The molecule has 0 aliphatic heterocycles. The molecule has 11 heavy (non-hydrogen) atoms. The van der Waals surface area contributed by atoms with Crippen molar-refractivity contribution in [2.75, 3.05) is 0 Å². The molecule has 1 heteroatoms. The van der Waals surface area contributed by atoms with Gasteiger partial charge in [-0.2, -0.15) is 0 Å². The molecule has 0 aromatic carbocycles. The molecule has 1 saturated carbocycles. The minimum atomic E-state index is 0.810. The molecule has 0 N–H and O–H groups in total. The van der Waals surface area contributed by atoms with Crippen LogP contribution in [-0.4, -0.2) is 4.83 Å². The van der Waals surface area contributed by atoms with Crippen LogP contribution in [0, 0.1) is 11.8 Å². The lowest BCUT2D eigenvalue weighted by Gasteiger charge is -2.16. The van der Waals surface area contributed by atoms with Gasteiger partial charge in [0.2, 0.25) is 0 Å². The second kappa shape index (κ2) is 4.49. The summed E-state index contributed by atoms with van der Waals surface area (Å²) in [6.07, 6.45) is 7.09. The maximum atomic E-state index is 3.74. The fraction of sp³-hybridized carbons (Fsp3) is 1.00. The smallest absolute Gasteiger partial charge is 0.0174 e. The Hall–Kier alpha value is 0.480. The molecule has 1 rings (SSSR count). The van der Waals surface area contributed by atoms with Gasteiger partial charge in [-0.25, -0.2) is 0 Å². The van der Waals surface area contributed by atoms with Crippen LogP contribution < -0.4 is 0 Å². The second-order valence-corrected chi connectivity index (χ2v) is 5.03. The van der Waals surface area contributed by atoms with Gasteiger partial charge in [0.25, 0.3) is 0 Å². The molecule has 0 radical (unpaired) electrons. The Morgan fingerprint density at radius 3 is 2.55 bits per heavy atom. The second-order valence-electron chi connectivity index (χ2n) is 3.85. The standard InChI is InChI=1S/C10H19Br/c1-3-4-5-9-6-7-10(11)8(9)2/h8-10H,3-7H2,1-2H3. The van der Waals surface area contributed by atoms with Gasteiger partial charge in [-0.1, -0.05) is 49.0 Å². The zero-order chi connectivity index (χ0) is 8.27. The summed E-state index contributed by atoms with van der Waals surface area (Å²) in [4.78, 5) is 0.810. The normalized spacial score (nSPS) is 37.9. The summed E-state index contributed by atoms with van der Waals surface area (Å²) in [7, 11) is 0. The van der Waals surface area contributed by atoms with Gasteiger partial charge in [-0.3, -0.25) is 0 Å². The predicted molar refractivity (Wildman–Crippen MR) is 54.1 cm³/mol. The SMILES string of the molecule is CCCCC1CCC(Br)C1C. The molecule has 3 unspecified atom stereocenters. The molecular weight excluding hydrogens is 200 g/mol.